The van der Waals surface area contributed by atoms with Crippen molar-refractivity contribution in [2.45, 2.75) is 26.7 Å². The minimum Gasteiger partial charge on any atom is -0.423 e. The van der Waals surface area contributed by atoms with Crippen LogP contribution in [0, 0.1) is 23.0 Å². The van der Waals surface area contributed by atoms with Gasteiger partial charge in [-0.2, -0.15) is 5.26 Å². The quantitative estimate of drug-likeness (QED) is 0.459. The molecule has 0 saturated heterocycles. The molecule has 1 unspecified atom stereocenters. The van der Waals surface area contributed by atoms with Crippen molar-refractivity contribution >= 4 is 0 Å². The third-order valence-electron chi connectivity index (χ3n) is 2.95. The fraction of sp³-hybridized carbons (Fsp3) is 0.294. The molecule has 0 heterocycles. The topological polar surface area (TPSA) is 66.0 Å². The molecule has 1 rings (SSSR count). The van der Waals surface area contributed by atoms with Crippen LogP contribution in [0.25, 0.3) is 0 Å². The van der Waals surface area contributed by atoms with Crippen LogP contribution >= 0.6 is 0 Å². The summed E-state index contributed by atoms with van der Waals surface area (Å²) in [5.74, 6) is 0.998. The molecule has 4 heteroatoms. The van der Waals surface area contributed by atoms with Crippen molar-refractivity contribution in [3.8, 4) is 18.3 Å². The predicted molar refractivity (Wildman–Crippen MR) is 82.3 cm³/mol. The van der Waals surface area contributed by atoms with Gasteiger partial charge >= 0.3 is 0 Å². The second kappa shape index (κ2) is 11.1. The van der Waals surface area contributed by atoms with Gasteiger partial charge in [0.15, 0.2) is 0 Å². The minimum atomic E-state index is 0.316. The van der Waals surface area contributed by atoms with Crippen LogP contribution in [0.5, 0.6) is 5.75 Å². The number of rotatable bonds is 5. The van der Waals surface area contributed by atoms with E-state index in [1.165, 1.54) is 23.5 Å². The zero-order chi connectivity index (χ0) is 16.1. The highest BCUT2D eigenvalue weighted by Gasteiger charge is 2.06. The summed E-state index contributed by atoms with van der Waals surface area (Å²) < 4.78 is 8.89. The number of allylic oxidation sites excluding steroid dienone is 2. The van der Waals surface area contributed by atoms with Crippen LogP contribution in [-0.4, -0.2) is 6.61 Å². The monoisotopic (exact) mass is 284 g/mol. The Hall–Kier alpha value is -2.72. The summed E-state index contributed by atoms with van der Waals surface area (Å²) in [5.41, 5.74) is 2.57. The second-order valence-corrected chi connectivity index (χ2v) is 4.21. The first-order valence-corrected chi connectivity index (χ1v) is 6.51. The highest BCUT2D eigenvalue weighted by atomic mass is 16.5. The van der Waals surface area contributed by atoms with Crippen molar-refractivity contribution in [1.29, 1.82) is 10.5 Å². The number of benzene rings is 1. The number of nitriles is 2. The van der Waals surface area contributed by atoms with Gasteiger partial charge in [-0.3, -0.25) is 0 Å². The zero-order valence-corrected chi connectivity index (χ0v) is 12.7. The number of hydrogen-bond acceptors (Lipinski definition) is 4. The highest BCUT2D eigenvalue weighted by Crippen LogP contribution is 2.24. The maximum Gasteiger partial charge on any atom is 0.292 e. The first kappa shape index (κ1) is 18.3. The van der Waals surface area contributed by atoms with E-state index in [0.717, 1.165) is 0 Å². The maximum absolute atomic E-state index is 8.34. The van der Waals surface area contributed by atoms with Crippen LogP contribution in [0.15, 0.2) is 48.6 Å². The molecule has 0 spiro atoms. The minimum absolute atomic E-state index is 0.316. The van der Waals surface area contributed by atoms with Crippen LogP contribution in [0.2, 0.25) is 0 Å². The Kier molecular flexibility index (Phi) is 9.69. The molecule has 0 fully saturated rings. The maximum atomic E-state index is 8.34. The number of nitrogens with zero attached hydrogens (tertiary/aromatic N) is 2. The molecule has 21 heavy (non-hydrogen) atoms. The Morgan fingerprint density at radius 1 is 1.29 bits per heavy atom. The van der Waals surface area contributed by atoms with Crippen LogP contribution in [0.1, 0.15) is 32.3 Å². The smallest absolute Gasteiger partial charge is 0.292 e. The van der Waals surface area contributed by atoms with Crippen LogP contribution in [0.3, 0.4) is 0 Å². The van der Waals surface area contributed by atoms with Gasteiger partial charge in [-0.05, 0) is 31.5 Å². The lowest BCUT2D eigenvalue weighted by Crippen LogP contribution is -1.94. The summed E-state index contributed by atoms with van der Waals surface area (Å²) in [4.78, 5) is 0. The zero-order valence-electron chi connectivity index (χ0n) is 12.7. The summed E-state index contributed by atoms with van der Waals surface area (Å²) in [6.45, 7) is 9.96. The van der Waals surface area contributed by atoms with Crippen LogP contribution in [-0.2, 0) is 4.74 Å². The average Bonchev–Trinajstić information content (AvgIpc) is 2.53. The molecule has 0 radical (unpaired) electrons. The summed E-state index contributed by atoms with van der Waals surface area (Å²) in [6, 6.07) is 7.62. The molecule has 110 valence electrons. The highest BCUT2D eigenvalue weighted by molar-refractivity contribution is 5.33. The van der Waals surface area contributed by atoms with Crippen LogP contribution < -0.4 is 4.74 Å². The van der Waals surface area contributed by atoms with Gasteiger partial charge in [0.2, 0.25) is 0 Å². The van der Waals surface area contributed by atoms with Crippen molar-refractivity contribution in [3.05, 3.63) is 54.1 Å². The van der Waals surface area contributed by atoms with Gasteiger partial charge in [0.05, 0.1) is 0 Å². The van der Waals surface area contributed by atoms with Gasteiger partial charge in [0.1, 0.15) is 12.4 Å². The molecule has 0 aliphatic carbocycles. The van der Waals surface area contributed by atoms with Crippen molar-refractivity contribution < 1.29 is 9.47 Å². The molecular weight excluding hydrogens is 264 g/mol. The molecule has 1 aromatic carbocycles. The Morgan fingerprint density at radius 2 is 1.90 bits per heavy atom. The van der Waals surface area contributed by atoms with E-state index in [1.54, 1.807) is 6.26 Å². The van der Waals surface area contributed by atoms with E-state index in [1.807, 2.05) is 31.2 Å². The normalized spacial score (nSPS) is 11.0. The molecule has 0 bridgehead atoms. The van der Waals surface area contributed by atoms with Gasteiger partial charge in [-0.25, -0.2) is 0 Å². The van der Waals surface area contributed by atoms with E-state index in [0.29, 0.717) is 18.3 Å². The number of ether oxygens (including phenoxy) is 2. The van der Waals surface area contributed by atoms with Crippen LogP contribution in [0.4, 0.5) is 0 Å². The lowest BCUT2D eigenvalue weighted by Gasteiger charge is -2.12. The second-order valence-electron chi connectivity index (χ2n) is 4.21. The van der Waals surface area contributed by atoms with Gasteiger partial charge in [-0.1, -0.05) is 43.4 Å². The first-order chi connectivity index (χ1) is 10.1. The summed E-state index contributed by atoms with van der Waals surface area (Å²) in [5, 5.41) is 16.0. The lowest BCUT2D eigenvalue weighted by atomic mass is 9.94. The largest absolute Gasteiger partial charge is 0.423 e. The van der Waals surface area contributed by atoms with E-state index < -0.39 is 0 Å². The molecule has 1 atom stereocenters. The Morgan fingerprint density at radius 3 is 2.29 bits per heavy atom. The third-order valence-corrected chi connectivity index (χ3v) is 2.95. The van der Waals surface area contributed by atoms with Crippen molar-refractivity contribution in [3.63, 3.8) is 0 Å². The van der Waals surface area contributed by atoms with Gasteiger partial charge in [0.25, 0.3) is 12.5 Å². The van der Waals surface area contributed by atoms with Crippen molar-refractivity contribution in [2.75, 3.05) is 6.61 Å². The molecule has 0 N–H and O–H groups in total. The molecule has 4 nitrogen and oxygen atoms in total. The fourth-order valence-corrected chi connectivity index (χ4v) is 1.49. The molecule has 0 aromatic heterocycles. The molecule has 0 saturated carbocycles. The van der Waals surface area contributed by atoms with E-state index in [-0.39, 0.29) is 0 Å². The molecule has 0 aliphatic rings. The van der Waals surface area contributed by atoms with Gasteiger partial charge in [0, 0.05) is 5.92 Å². The Bertz CT molecular complexity index is 533. The fourth-order valence-electron chi connectivity index (χ4n) is 1.49. The number of hydrogen-bond donors (Lipinski definition) is 0. The molecular formula is C17H20N2O2. The predicted octanol–water partition coefficient (Wildman–Crippen LogP) is 4.29. The molecule has 0 aliphatic heterocycles. The molecule has 1 aromatic rings. The molecule has 0 amide bonds. The summed E-state index contributed by atoms with van der Waals surface area (Å²) >= 11 is 0. The Labute approximate surface area is 126 Å². The summed E-state index contributed by atoms with van der Waals surface area (Å²) in [6.07, 6.45) is 6.79. The van der Waals surface area contributed by atoms with E-state index in [9.17, 15) is 0 Å². The van der Waals surface area contributed by atoms with E-state index in [4.69, 9.17) is 15.3 Å². The average molecular weight is 284 g/mol. The standard InChI is InChI=1S/C13H15NO.C4H5NO/c1-4-10(2)11(3)12-5-7-13(8-6-12)15-9-14;1-2-3-6-4-5/h4-8,11H,1-3H3;2H,1,3H2/b10-4+;. The first-order valence-electron chi connectivity index (χ1n) is 6.51. The Balaban J connectivity index is 0.000000567. The van der Waals surface area contributed by atoms with Crippen molar-refractivity contribution in [1.82, 2.24) is 0 Å². The SMILES string of the molecule is C/C=C(\C)C(C)c1ccc(OC#N)cc1.C=CCOC#N. The van der Waals surface area contributed by atoms with Crippen molar-refractivity contribution in [2.24, 2.45) is 0 Å². The van der Waals surface area contributed by atoms with Gasteiger partial charge in [-0.15, -0.1) is 5.26 Å². The third kappa shape index (κ3) is 7.44. The van der Waals surface area contributed by atoms with Gasteiger partial charge < -0.3 is 9.47 Å². The summed E-state index contributed by atoms with van der Waals surface area (Å²) in [7, 11) is 0. The van der Waals surface area contributed by atoms with E-state index in [2.05, 4.69) is 31.2 Å². The van der Waals surface area contributed by atoms with E-state index >= 15 is 0 Å². The lowest BCUT2D eigenvalue weighted by molar-refractivity contribution is 0.313.